The maximum Gasteiger partial charge on any atom is 0.259 e. The Hall–Kier alpha value is -3.21. The minimum absolute atomic E-state index is 0.0996. The number of anilines is 2. The number of carbonyl (C=O) groups is 2. The smallest absolute Gasteiger partial charge is 0.259 e. The number of sulfonamides is 1. The van der Waals surface area contributed by atoms with E-state index in [2.05, 4.69) is 11.9 Å². The van der Waals surface area contributed by atoms with Crippen LogP contribution < -0.4 is 10.2 Å². The monoisotopic (exact) mass is 498 g/mol. The lowest BCUT2D eigenvalue weighted by atomic mass is 10.1. The first-order valence-corrected chi connectivity index (χ1v) is 13.1. The van der Waals surface area contributed by atoms with Crippen LogP contribution in [0.25, 0.3) is 5.70 Å². The zero-order valence-electron chi connectivity index (χ0n) is 20.0. The minimum Gasteiger partial charge on any atom is -0.378 e. The van der Waals surface area contributed by atoms with Gasteiger partial charge < -0.3 is 15.0 Å². The van der Waals surface area contributed by atoms with Crippen LogP contribution >= 0.6 is 0 Å². The number of ether oxygens (including phenoxy) is 1. The van der Waals surface area contributed by atoms with E-state index in [4.69, 9.17) is 4.74 Å². The first kappa shape index (κ1) is 24.9. The molecule has 0 aromatic heterocycles. The van der Waals surface area contributed by atoms with Crippen LogP contribution in [0.15, 0.2) is 53.9 Å². The Labute approximate surface area is 206 Å². The Kier molecular flexibility index (Phi) is 7.25. The summed E-state index contributed by atoms with van der Waals surface area (Å²) in [7, 11) is -3.72. The van der Waals surface area contributed by atoms with Gasteiger partial charge in [0.25, 0.3) is 5.91 Å². The maximum absolute atomic E-state index is 13.1. The van der Waals surface area contributed by atoms with Crippen molar-refractivity contribution in [2.75, 3.05) is 56.2 Å². The normalized spacial score (nSPS) is 16.1. The number of rotatable bonds is 8. The molecule has 35 heavy (non-hydrogen) atoms. The third-order valence-electron chi connectivity index (χ3n) is 6.28. The molecule has 2 aliphatic rings. The fourth-order valence-electron chi connectivity index (χ4n) is 4.40. The van der Waals surface area contributed by atoms with Gasteiger partial charge in [-0.2, -0.15) is 4.31 Å². The molecule has 0 bridgehead atoms. The van der Waals surface area contributed by atoms with Crippen molar-refractivity contribution in [2.45, 2.75) is 18.7 Å². The summed E-state index contributed by atoms with van der Waals surface area (Å²) < 4.78 is 33.1. The molecule has 186 valence electrons. The zero-order valence-corrected chi connectivity index (χ0v) is 20.8. The van der Waals surface area contributed by atoms with Crippen LogP contribution in [-0.4, -0.2) is 75.4 Å². The van der Waals surface area contributed by atoms with Crippen molar-refractivity contribution in [1.82, 2.24) is 9.21 Å². The van der Waals surface area contributed by atoms with Gasteiger partial charge in [-0.25, -0.2) is 8.42 Å². The van der Waals surface area contributed by atoms with Crippen LogP contribution in [0.5, 0.6) is 0 Å². The number of hydrogen-bond acceptors (Lipinski definition) is 6. The number of hydrogen-bond donors (Lipinski definition) is 1. The predicted octanol–water partition coefficient (Wildman–Crippen LogP) is 2.62. The third kappa shape index (κ3) is 4.82. The molecule has 2 aliphatic heterocycles. The van der Waals surface area contributed by atoms with Crippen LogP contribution in [0.3, 0.4) is 0 Å². The van der Waals surface area contributed by atoms with Crippen molar-refractivity contribution >= 4 is 38.9 Å². The van der Waals surface area contributed by atoms with Gasteiger partial charge in [0, 0.05) is 43.0 Å². The predicted molar refractivity (Wildman–Crippen MR) is 135 cm³/mol. The lowest BCUT2D eigenvalue weighted by Gasteiger charge is -2.31. The van der Waals surface area contributed by atoms with E-state index < -0.39 is 15.9 Å². The highest BCUT2D eigenvalue weighted by Crippen LogP contribution is 2.33. The average Bonchev–Trinajstić information content (AvgIpc) is 3.10. The average molecular weight is 499 g/mol. The van der Waals surface area contributed by atoms with Crippen molar-refractivity contribution < 1.29 is 22.7 Å². The molecule has 0 radical (unpaired) electrons. The van der Waals surface area contributed by atoms with Gasteiger partial charge in [-0.05, 0) is 24.3 Å². The van der Waals surface area contributed by atoms with E-state index in [1.165, 1.54) is 15.3 Å². The highest BCUT2D eigenvalue weighted by Gasteiger charge is 2.32. The molecule has 10 heteroatoms. The summed E-state index contributed by atoms with van der Waals surface area (Å²) in [5.74, 6) is -0.730. The molecule has 0 aliphatic carbocycles. The summed E-state index contributed by atoms with van der Waals surface area (Å²) in [4.78, 5) is 29.4. The number of fused-ring (bicyclic) bond motifs is 1. The number of amides is 2. The van der Waals surface area contributed by atoms with E-state index >= 15 is 0 Å². The highest BCUT2D eigenvalue weighted by molar-refractivity contribution is 7.89. The number of nitrogens with one attached hydrogen (secondary N) is 1. The number of morpholine rings is 1. The molecule has 1 N–H and O–H groups in total. The fourth-order valence-corrected chi connectivity index (χ4v) is 5.89. The Morgan fingerprint density at radius 3 is 2.37 bits per heavy atom. The van der Waals surface area contributed by atoms with Crippen LogP contribution in [0, 0.1) is 0 Å². The van der Waals surface area contributed by atoms with Crippen LogP contribution in [0.1, 0.15) is 29.8 Å². The van der Waals surface area contributed by atoms with Gasteiger partial charge in [0.05, 0.1) is 29.5 Å². The van der Waals surface area contributed by atoms with Crippen molar-refractivity contribution in [3.8, 4) is 0 Å². The molecule has 2 aromatic carbocycles. The Balaban J connectivity index is 1.62. The zero-order chi connectivity index (χ0) is 25.2. The van der Waals surface area contributed by atoms with Gasteiger partial charge in [0.1, 0.15) is 6.54 Å². The van der Waals surface area contributed by atoms with E-state index in [0.29, 0.717) is 67.6 Å². The third-order valence-corrected chi connectivity index (χ3v) is 8.32. The standard InChI is InChI=1S/C25H30N4O5S/c1-4-28(5-2)35(32,33)19-10-11-23(27-12-14-34-15-13-27)22(16-19)26-24(30)17-29-18(3)20-8-6-7-9-21(20)25(29)31/h6-11,16H,3-5,12-15,17H2,1-2H3,(H,26,30). The molecule has 2 amide bonds. The van der Waals surface area contributed by atoms with E-state index in [9.17, 15) is 18.0 Å². The van der Waals surface area contributed by atoms with E-state index in [1.807, 2.05) is 11.0 Å². The maximum atomic E-state index is 13.1. The molecule has 0 unspecified atom stereocenters. The molecule has 1 saturated heterocycles. The van der Waals surface area contributed by atoms with E-state index in [1.54, 1.807) is 44.2 Å². The minimum atomic E-state index is -3.72. The molecular weight excluding hydrogens is 468 g/mol. The second-order valence-corrected chi connectivity index (χ2v) is 10.2. The van der Waals surface area contributed by atoms with E-state index in [0.717, 1.165) is 0 Å². The largest absolute Gasteiger partial charge is 0.378 e. The first-order chi connectivity index (χ1) is 16.8. The van der Waals surface area contributed by atoms with Crippen LogP contribution in [0.2, 0.25) is 0 Å². The summed E-state index contributed by atoms with van der Waals surface area (Å²) in [5, 5.41) is 2.85. The highest BCUT2D eigenvalue weighted by atomic mass is 32.2. The fraction of sp³-hybridized carbons (Fsp3) is 0.360. The molecule has 1 fully saturated rings. The van der Waals surface area contributed by atoms with Gasteiger partial charge in [-0.1, -0.05) is 38.6 Å². The molecule has 0 saturated carbocycles. The lowest BCUT2D eigenvalue weighted by Crippen LogP contribution is -2.37. The number of benzene rings is 2. The van der Waals surface area contributed by atoms with Crippen LogP contribution in [-0.2, 0) is 19.6 Å². The SMILES string of the molecule is C=C1c2ccccc2C(=O)N1CC(=O)Nc1cc(S(=O)(=O)N(CC)CC)ccc1N1CCOCC1. The molecule has 2 heterocycles. The number of nitrogens with zero attached hydrogens (tertiary/aromatic N) is 3. The molecule has 4 rings (SSSR count). The van der Waals surface area contributed by atoms with Gasteiger partial charge in [0.2, 0.25) is 15.9 Å². The summed E-state index contributed by atoms with van der Waals surface area (Å²) >= 11 is 0. The Morgan fingerprint density at radius 2 is 1.74 bits per heavy atom. The van der Waals surface area contributed by atoms with Gasteiger partial charge in [0.15, 0.2) is 0 Å². The second kappa shape index (κ2) is 10.2. The topological polar surface area (TPSA) is 99.3 Å². The second-order valence-electron chi connectivity index (χ2n) is 8.30. The summed E-state index contributed by atoms with van der Waals surface area (Å²) in [6.07, 6.45) is 0. The summed E-state index contributed by atoms with van der Waals surface area (Å²) in [5.41, 5.74) is 2.75. The quantitative estimate of drug-likeness (QED) is 0.601. The van der Waals surface area contributed by atoms with Crippen molar-refractivity contribution in [3.63, 3.8) is 0 Å². The first-order valence-electron chi connectivity index (χ1n) is 11.6. The molecule has 0 atom stereocenters. The lowest BCUT2D eigenvalue weighted by molar-refractivity contribution is -0.116. The van der Waals surface area contributed by atoms with Crippen molar-refractivity contribution in [1.29, 1.82) is 0 Å². The summed E-state index contributed by atoms with van der Waals surface area (Å²) in [6.45, 7) is 10.3. The van der Waals surface area contributed by atoms with Crippen LogP contribution in [0.4, 0.5) is 11.4 Å². The molecule has 2 aromatic rings. The van der Waals surface area contributed by atoms with Gasteiger partial charge in [-0.3, -0.25) is 14.5 Å². The molecule has 9 nitrogen and oxygen atoms in total. The van der Waals surface area contributed by atoms with Gasteiger partial charge >= 0.3 is 0 Å². The van der Waals surface area contributed by atoms with Gasteiger partial charge in [-0.15, -0.1) is 0 Å². The van der Waals surface area contributed by atoms with Crippen molar-refractivity contribution in [2.24, 2.45) is 0 Å². The number of carbonyl (C=O) groups excluding carboxylic acids is 2. The Morgan fingerprint density at radius 1 is 1.09 bits per heavy atom. The summed E-state index contributed by atoms with van der Waals surface area (Å²) in [6, 6.07) is 11.9. The Bertz CT molecular complexity index is 1220. The van der Waals surface area contributed by atoms with E-state index in [-0.39, 0.29) is 17.3 Å². The molecular formula is C25H30N4O5S. The van der Waals surface area contributed by atoms with Crippen molar-refractivity contribution in [3.05, 3.63) is 60.2 Å². The molecule has 0 spiro atoms.